The number of benzene rings is 1. The Hall–Kier alpha value is -1.06. The minimum atomic E-state index is -1.17. The van der Waals surface area contributed by atoms with Crippen LogP contribution in [0, 0.1) is 0 Å². The molecule has 2 unspecified atom stereocenters. The first-order valence-corrected chi connectivity index (χ1v) is 8.25. The third kappa shape index (κ3) is 7.49. The van der Waals surface area contributed by atoms with Gasteiger partial charge in [-0.05, 0) is 31.4 Å². The number of hydrogen-bond donors (Lipinski definition) is 2. The summed E-state index contributed by atoms with van der Waals surface area (Å²) in [7, 11) is 0. The van der Waals surface area contributed by atoms with Gasteiger partial charge in [0.25, 0.3) is 0 Å². The first-order valence-electron chi connectivity index (χ1n) is 8.25. The maximum Gasteiger partial charge on any atom is 0.223 e. The summed E-state index contributed by atoms with van der Waals surface area (Å²) in [6.45, 7) is 3.75. The topological polar surface area (TPSA) is 49.7 Å². The number of aryl methyl sites for hydroxylation is 1. The lowest BCUT2D eigenvalue weighted by Gasteiger charge is -2.18. The highest BCUT2D eigenvalue weighted by Gasteiger charge is 2.14. The lowest BCUT2D eigenvalue weighted by Crippen LogP contribution is -2.28. The molecule has 1 aromatic carbocycles. The zero-order chi connectivity index (χ0) is 15.5. The van der Waals surface area contributed by atoms with Crippen LogP contribution in [-0.2, 0) is 6.42 Å². The standard InChI is InChI=1S/C18H30O3/c1-3-4-5-6-7-8-9-12-16-13-10-11-14-17(16)21-18(20)15(2)19/h10-11,13-15,18-20H,3-9,12H2,1-2H3. The Labute approximate surface area is 129 Å². The second kappa shape index (κ2) is 10.6. The zero-order valence-electron chi connectivity index (χ0n) is 13.4. The highest BCUT2D eigenvalue weighted by Crippen LogP contribution is 2.22. The van der Waals surface area contributed by atoms with Crippen LogP contribution in [0.25, 0.3) is 0 Å². The minimum Gasteiger partial charge on any atom is -0.462 e. The maximum absolute atomic E-state index is 9.62. The lowest BCUT2D eigenvalue weighted by molar-refractivity contribution is -0.0962. The molecule has 0 radical (unpaired) electrons. The van der Waals surface area contributed by atoms with Crippen molar-refractivity contribution < 1.29 is 14.9 Å². The summed E-state index contributed by atoms with van der Waals surface area (Å²) in [6, 6.07) is 7.75. The maximum atomic E-state index is 9.62. The van der Waals surface area contributed by atoms with Crippen molar-refractivity contribution in [2.45, 2.75) is 77.6 Å². The summed E-state index contributed by atoms with van der Waals surface area (Å²) in [6.07, 6.45) is 7.86. The van der Waals surface area contributed by atoms with E-state index in [1.807, 2.05) is 24.3 Å². The molecule has 0 aromatic heterocycles. The van der Waals surface area contributed by atoms with Crippen molar-refractivity contribution in [2.75, 3.05) is 0 Å². The number of hydrogen-bond acceptors (Lipinski definition) is 3. The van der Waals surface area contributed by atoms with Crippen LogP contribution in [0.4, 0.5) is 0 Å². The molecule has 0 amide bonds. The predicted molar refractivity (Wildman–Crippen MR) is 86.5 cm³/mol. The van der Waals surface area contributed by atoms with E-state index in [2.05, 4.69) is 6.92 Å². The van der Waals surface area contributed by atoms with Gasteiger partial charge in [-0.2, -0.15) is 0 Å². The van der Waals surface area contributed by atoms with E-state index in [1.165, 1.54) is 45.4 Å². The smallest absolute Gasteiger partial charge is 0.223 e. The fourth-order valence-electron chi connectivity index (χ4n) is 2.33. The number of ether oxygens (including phenoxy) is 1. The van der Waals surface area contributed by atoms with E-state index < -0.39 is 12.4 Å². The number of para-hydroxylation sites is 1. The Morgan fingerprint density at radius 2 is 1.57 bits per heavy atom. The third-order valence-corrected chi connectivity index (χ3v) is 3.68. The van der Waals surface area contributed by atoms with Gasteiger partial charge >= 0.3 is 0 Å². The van der Waals surface area contributed by atoms with Gasteiger partial charge in [0.2, 0.25) is 6.29 Å². The Balaban J connectivity index is 2.34. The van der Waals surface area contributed by atoms with Gasteiger partial charge in [0.05, 0.1) is 0 Å². The summed E-state index contributed by atoms with van der Waals surface area (Å²) in [5.74, 6) is 0.678. The minimum absolute atomic E-state index is 0.678. The molecule has 0 fully saturated rings. The molecule has 120 valence electrons. The average Bonchev–Trinajstić information content (AvgIpc) is 2.47. The van der Waals surface area contributed by atoms with Crippen molar-refractivity contribution in [3.05, 3.63) is 29.8 Å². The van der Waals surface area contributed by atoms with Gasteiger partial charge in [0, 0.05) is 0 Å². The van der Waals surface area contributed by atoms with Crippen LogP contribution in [0.1, 0.15) is 64.4 Å². The molecule has 0 saturated heterocycles. The van der Waals surface area contributed by atoms with Crippen LogP contribution in [-0.4, -0.2) is 22.6 Å². The number of unbranched alkanes of at least 4 members (excludes halogenated alkanes) is 6. The van der Waals surface area contributed by atoms with E-state index in [0.29, 0.717) is 5.75 Å². The molecule has 3 nitrogen and oxygen atoms in total. The van der Waals surface area contributed by atoms with Crippen LogP contribution >= 0.6 is 0 Å². The van der Waals surface area contributed by atoms with E-state index in [1.54, 1.807) is 0 Å². The Morgan fingerprint density at radius 3 is 2.24 bits per heavy atom. The molecule has 0 aliphatic rings. The normalized spacial score (nSPS) is 13.9. The predicted octanol–water partition coefficient (Wildman–Crippen LogP) is 4.06. The first-order chi connectivity index (χ1) is 10.1. The number of rotatable bonds is 11. The molecule has 0 aliphatic carbocycles. The first kappa shape index (κ1) is 18.0. The fraction of sp³-hybridized carbons (Fsp3) is 0.667. The van der Waals surface area contributed by atoms with Crippen LogP contribution in [0.15, 0.2) is 24.3 Å². The molecule has 2 atom stereocenters. The summed E-state index contributed by atoms with van der Waals surface area (Å²) < 4.78 is 5.42. The van der Waals surface area contributed by atoms with Crippen molar-refractivity contribution >= 4 is 0 Å². The van der Waals surface area contributed by atoms with Gasteiger partial charge in [-0.25, -0.2) is 0 Å². The van der Waals surface area contributed by atoms with E-state index in [0.717, 1.165) is 18.4 Å². The van der Waals surface area contributed by atoms with Crippen LogP contribution in [0.5, 0.6) is 5.75 Å². The van der Waals surface area contributed by atoms with E-state index in [-0.39, 0.29) is 0 Å². The van der Waals surface area contributed by atoms with Crippen molar-refractivity contribution in [3.8, 4) is 5.75 Å². The molecule has 1 aromatic rings. The molecule has 0 heterocycles. The molecular formula is C18H30O3. The molecule has 1 rings (SSSR count). The van der Waals surface area contributed by atoms with Crippen LogP contribution < -0.4 is 4.74 Å². The molecule has 0 aliphatic heterocycles. The molecule has 21 heavy (non-hydrogen) atoms. The van der Waals surface area contributed by atoms with Crippen molar-refractivity contribution in [1.82, 2.24) is 0 Å². The third-order valence-electron chi connectivity index (χ3n) is 3.68. The highest BCUT2D eigenvalue weighted by atomic mass is 16.6. The molecular weight excluding hydrogens is 264 g/mol. The molecule has 2 N–H and O–H groups in total. The molecule has 0 saturated carbocycles. The zero-order valence-corrected chi connectivity index (χ0v) is 13.4. The Bertz CT molecular complexity index is 376. The second-order valence-electron chi connectivity index (χ2n) is 5.73. The van der Waals surface area contributed by atoms with E-state index in [4.69, 9.17) is 4.74 Å². The van der Waals surface area contributed by atoms with Gasteiger partial charge in [0.15, 0.2) is 0 Å². The SMILES string of the molecule is CCCCCCCCCc1ccccc1OC(O)C(C)O. The molecule has 0 spiro atoms. The number of aliphatic hydroxyl groups is 2. The number of aliphatic hydroxyl groups excluding tert-OH is 2. The summed E-state index contributed by atoms with van der Waals surface area (Å²) in [4.78, 5) is 0. The van der Waals surface area contributed by atoms with E-state index in [9.17, 15) is 10.2 Å². The van der Waals surface area contributed by atoms with Crippen molar-refractivity contribution in [2.24, 2.45) is 0 Å². The van der Waals surface area contributed by atoms with Gasteiger partial charge in [-0.1, -0.05) is 63.6 Å². The van der Waals surface area contributed by atoms with Crippen molar-refractivity contribution in [3.63, 3.8) is 0 Å². The van der Waals surface area contributed by atoms with Gasteiger partial charge in [-0.3, -0.25) is 0 Å². The monoisotopic (exact) mass is 294 g/mol. The van der Waals surface area contributed by atoms with Gasteiger partial charge in [0.1, 0.15) is 11.9 Å². The van der Waals surface area contributed by atoms with Crippen LogP contribution in [0.3, 0.4) is 0 Å². The Kier molecular flexibility index (Phi) is 9.11. The van der Waals surface area contributed by atoms with Gasteiger partial charge in [-0.15, -0.1) is 0 Å². The molecule has 3 heteroatoms. The average molecular weight is 294 g/mol. The van der Waals surface area contributed by atoms with E-state index >= 15 is 0 Å². The summed E-state index contributed by atoms with van der Waals surface area (Å²) in [5.41, 5.74) is 1.10. The summed E-state index contributed by atoms with van der Waals surface area (Å²) >= 11 is 0. The molecule has 0 bridgehead atoms. The Morgan fingerprint density at radius 1 is 0.952 bits per heavy atom. The van der Waals surface area contributed by atoms with Crippen molar-refractivity contribution in [1.29, 1.82) is 0 Å². The highest BCUT2D eigenvalue weighted by molar-refractivity contribution is 5.33. The fourth-order valence-corrected chi connectivity index (χ4v) is 2.33. The second-order valence-corrected chi connectivity index (χ2v) is 5.73. The lowest BCUT2D eigenvalue weighted by atomic mass is 10.0. The van der Waals surface area contributed by atoms with Crippen LogP contribution in [0.2, 0.25) is 0 Å². The quantitative estimate of drug-likeness (QED) is 0.478. The summed E-state index contributed by atoms with van der Waals surface area (Å²) in [5, 5.41) is 18.9. The largest absolute Gasteiger partial charge is 0.462 e. The van der Waals surface area contributed by atoms with Gasteiger partial charge < -0.3 is 14.9 Å².